The van der Waals surface area contributed by atoms with E-state index in [0.29, 0.717) is 40.7 Å². The number of aromatic amines is 1. The summed E-state index contributed by atoms with van der Waals surface area (Å²) in [5.74, 6) is -0.0182. The van der Waals surface area contributed by atoms with E-state index in [0.717, 1.165) is 48.3 Å². The van der Waals surface area contributed by atoms with Crippen LogP contribution in [0.1, 0.15) is 61.6 Å². The lowest BCUT2D eigenvalue weighted by Crippen LogP contribution is -2.17. The molecule has 1 aliphatic carbocycles. The molecule has 1 aromatic heterocycles. The molecular weight excluding hydrogens is 508 g/mol. The number of anilines is 1. The molecule has 1 aliphatic heterocycles. The van der Waals surface area contributed by atoms with Gasteiger partial charge in [0.05, 0.1) is 22.2 Å². The van der Waals surface area contributed by atoms with Crippen LogP contribution in [0.15, 0.2) is 82.8 Å². The number of aromatic nitrogens is 1. The zero-order valence-electron chi connectivity index (χ0n) is 21.7. The minimum atomic E-state index is -3.42. The van der Waals surface area contributed by atoms with Gasteiger partial charge in [-0.3, -0.25) is 9.71 Å². The SMILES string of the molecule is O=S(=O)(Nc1ccc2[nH]c(O)c(C(=Nc3ccc(C4=NCCCCCC4)cc3)c3ccccc3)c2c1)C1CC1. The molecule has 0 spiro atoms. The smallest absolute Gasteiger partial charge is 0.235 e. The fourth-order valence-electron chi connectivity index (χ4n) is 5.11. The summed E-state index contributed by atoms with van der Waals surface area (Å²) in [6.07, 6.45) is 7.17. The number of fused-ring (bicyclic) bond motifs is 1. The van der Waals surface area contributed by atoms with Crippen molar-refractivity contribution in [3.63, 3.8) is 0 Å². The zero-order valence-corrected chi connectivity index (χ0v) is 22.5. The predicted molar refractivity (Wildman–Crippen MR) is 158 cm³/mol. The maximum atomic E-state index is 12.6. The van der Waals surface area contributed by atoms with E-state index in [1.165, 1.54) is 12.8 Å². The number of nitrogens with zero attached hydrogens (tertiary/aromatic N) is 2. The predicted octanol–water partition coefficient (Wildman–Crippen LogP) is 6.70. The van der Waals surface area contributed by atoms with E-state index in [1.807, 2.05) is 42.5 Å². The Morgan fingerprint density at radius 2 is 1.72 bits per heavy atom. The highest BCUT2D eigenvalue weighted by Crippen LogP contribution is 2.35. The van der Waals surface area contributed by atoms with Crippen molar-refractivity contribution in [3.8, 4) is 5.88 Å². The molecule has 0 unspecified atom stereocenters. The van der Waals surface area contributed by atoms with E-state index >= 15 is 0 Å². The van der Waals surface area contributed by atoms with Gasteiger partial charge in [0.2, 0.25) is 10.0 Å². The summed E-state index contributed by atoms with van der Waals surface area (Å²) in [5, 5.41) is 11.4. The summed E-state index contributed by atoms with van der Waals surface area (Å²) in [7, 11) is -3.42. The number of sulfonamides is 1. The number of aromatic hydroxyl groups is 1. The van der Waals surface area contributed by atoms with Crippen LogP contribution < -0.4 is 4.72 Å². The van der Waals surface area contributed by atoms with Crippen molar-refractivity contribution in [1.82, 2.24) is 4.98 Å². The monoisotopic (exact) mass is 540 g/mol. The van der Waals surface area contributed by atoms with Crippen molar-refractivity contribution in [2.24, 2.45) is 9.98 Å². The number of benzene rings is 3. The van der Waals surface area contributed by atoms with Gasteiger partial charge in [0.1, 0.15) is 0 Å². The molecule has 0 radical (unpaired) electrons. The van der Waals surface area contributed by atoms with Crippen LogP contribution in [0.2, 0.25) is 0 Å². The molecule has 6 rings (SSSR count). The Bertz CT molecular complexity index is 1650. The fraction of sp³-hybridized carbons (Fsp3) is 0.290. The molecule has 8 heteroatoms. The van der Waals surface area contributed by atoms with Gasteiger partial charge in [-0.15, -0.1) is 0 Å². The zero-order chi connectivity index (χ0) is 26.8. The van der Waals surface area contributed by atoms with Crippen molar-refractivity contribution in [1.29, 1.82) is 0 Å². The van der Waals surface area contributed by atoms with Gasteiger partial charge in [0.15, 0.2) is 5.88 Å². The average molecular weight is 541 g/mol. The average Bonchev–Trinajstić information content (AvgIpc) is 3.73. The summed E-state index contributed by atoms with van der Waals surface area (Å²) in [6, 6.07) is 23.1. The van der Waals surface area contributed by atoms with Gasteiger partial charge in [-0.2, -0.15) is 0 Å². The van der Waals surface area contributed by atoms with Gasteiger partial charge in [-0.25, -0.2) is 13.4 Å². The Kier molecular flexibility index (Phi) is 6.95. The molecule has 2 aliphatic rings. The normalized spacial score (nSPS) is 16.9. The van der Waals surface area contributed by atoms with Crippen molar-refractivity contribution in [3.05, 3.63) is 89.5 Å². The number of hydrogen-bond acceptors (Lipinski definition) is 5. The minimum Gasteiger partial charge on any atom is -0.494 e. The lowest BCUT2D eigenvalue weighted by molar-refractivity contribution is 0.457. The van der Waals surface area contributed by atoms with Crippen LogP contribution in [0, 0.1) is 0 Å². The van der Waals surface area contributed by atoms with Crippen molar-refractivity contribution >= 4 is 43.7 Å². The van der Waals surface area contributed by atoms with E-state index in [-0.39, 0.29) is 11.1 Å². The second kappa shape index (κ2) is 10.7. The molecule has 1 saturated carbocycles. The molecule has 3 N–H and O–H groups in total. The summed E-state index contributed by atoms with van der Waals surface area (Å²) >= 11 is 0. The van der Waals surface area contributed by atoms with Crippen LogP contribution in [0.25, 0.3) is 10.9 Å². The largest absolute Gasteiger partial charge is 0.494 e. The molecule has 0 saturated heterocycles. The summed E-state index contributed by atoms with van der Waals surface area (Å²) in [4.78, 5) is 12.9. The second-order valence-electron chi connectivity index (χ2n) is 10.3. The third-order valence-corrected chi connectivity index (χ3v) is 9.22. The number of rotatable bonds is 7. The summed E-state index contributed by atoms with van der Waals surface area (Å²) in [6.45, 7) is 0.881. The molecule has 7 nitrogen and oxygen atoms in total. The minimum absolute atomic E-state index is 0.0182. The first-order valence-corrected chi connectivity index (χ1v) is 15.2. The van der Waals surface area contributed by atoms with Gasteiger partial charge >= 0.3 is 0 Å². The van der Waals surface area contributed by atoms with Gasteiger partial charge < -0.3 is 10.1 Å². The Morgan fingerprint density at radius 3 is 2.49 bits per heavy atom. The van der Waals surface area contributed by atoms with Crippen molar-refractivity contribution < 1.29 is 13.5 Å². The quantitative estimate of drug-likeness (QED) is 0.227. The third kappa shape index (κ3) is 5.61. The number of hydrogen-bond donors (Lipinski definition) is 3. The maximum Gasteiger partial charge on any atom is 0.235 e. The second-order valence-corrected chi connectivity index (χ2v) is 12.3. The lowest BCUT2D eigenvalue weighted by atomic mass is 10.00. The van der Waals surface area contributed by atoms with Gasteiger partial charge in [-0.05, 0) is 68.0 Å². The van der Waals surface area contributed by atoms with E-state index in [2.05, 4.69) is 21.8 Å². The Labute approximate surface area is 228 Å². The molecule has 4 aromatic rings. The van der Waals surface area contributed by atoms with Gasteiger partial charge in [0, 0.05) is 34.4 Å². The van der Waals surface area contributed by atoms with Crippen LogP contribution in [-0.4, -0.2) is 41.7 Å². The number of H-pyrrole nitrogens is 1. The first-order chi connectivity index (χ1) is 19.0. The Hall–Kier alpha value is -3.91. The molecule has 2 heterocycles. The highest BCUT2D eigenvalue weighted by Gasteiger charge is 2.35. The highest BCUT2D eigenvalue weighted by atomic mass is 32.2. The molecule has 39 heavy (non-hydrogen) atoms. The number of aliphatic imine (C=N–C) groups is 2. The van der Waals surface area contributed by atoms with Crippen LogP contribution >= 0.6 is 0 Å². The summed E-state index contributed by atoms with van der Waals surface area (Å²) < 4.78 is 27.8. The van der Waals surface area contributed by atoms with Gasteiger partial charge in [0.25, 0.3) is 0 Å². The van der Waals surface area contributed by atoms with Crippen molar-refractivity contribution in [2.75, 3.05) is 11.3 Å². The van der Waals surface area contributed by atoms with Crippen LogP contribution in [0.5, 0.6) is 5.88 Å². The molecule has 0 atom stereocenters. The third-order valence-electron chi connectivity index (χ3n) is 7.35. The molecule has 3 aromatic carbocycles. The highest BCUT2D eigenvalue weighted by molar-refractivity contribution is 7.93. The summed E-state index contributed by atoms with van der Waals surface area (Å²) in [5.41, 5.74) is 6.15. The molecule has 200 valence electrons. The topological polar surface area (TPSA) is 107 Å². The Balaban J connectivity index is 1.41. The standard InChI is InChI=1S/C31H32N4O3S/c36-31-29(26-20-24(15-18-28(26)34-31)35-39(37,38)25-16-17-25)30(22-8-4-3-5-9-22)33-23-13-11-21(12-14-23)27-10-6-1-2-7-19-32-27/h3-5,8-9,11-15,18,20,25,34-36H,1-2,6-7,10,16-17,19H2. The van der Waals surface area contributed by atoms with E-state index in [4.69, 9.17) is 9.98 Å². The molecule has 0 amide bonds. The first kappa shape index (κ1) is 25.4. The molecular formula is C31H32N4O3S. The van der Waals surface area contributed by atoms with Crippen LogP contribution in [-0.2, 0) is 10.0 Å². The number of nitrogens with one attached hydrogen (secondary N) is 2. The first-order valence-electron chi connectivity index (χ1n) is 13.6. The Morgan fingerprint density at radius 1 is 0.949 bits per heavy atom. The molecule has 1 fully saturated rings. The van der Waals surface area contributed by atoms with Gasteiger partial charge in [-0.1, -0.05) is 55.3 Å². The maximum absolute atomic E-state index is 12.6. The van der Waals surface area contributed by atoms with Crippen molar-refractivity contribution in [2.45, 2.75) is 50.2 Å². The lowest BCUT2D eigenvalue weighted by Gasteiger charge is -2.12. The van der Waals surface area contributed by atoms with Crippen LogP contribution in [0.3, 0.4) is 0 Å². The molecule has 0 bridgehead atoms. The van der Waals surface area contributed by atoms with E-state index in [1.54, 1.807) is 18.2 Å². The van der Waals surface area contributed by atoms with Crippen LogP contribution in [0.4, 0.5) is 11.4 Å². The fourth-order valence-corrected chi connectivity index (χ4v) is 6.49. The van der Waals surface area contributed by atoms with E-state index < -0.39 is 10.0 Å². The van der Waals surface area contributed by atoms with E-state index in [9.17, 15) is 13.5 Å².